The Hall–Kier alpha value is -2.77. The van der Waals surface area contributed by atoms with E-state index in [0.29, 0.717) is 30.3 Å². The first-order valence-corrected chi connectivity index (χ1v) is 11.0. The van der Waals surface area contributed by atoms with Gasteiger partial charge in [-0.3, -0.25) is 4.79 Å². The van der Waals surface area contributed by atoms with Gasteiger partial charge in [0.05, 0.1) is 12.2 Å². The second-order valence-electron chi connectivity index (χ2n) is 8.13. The molecule has 1 saturated heterocycles. The van der Waals surface area contributed by atoms with Crippen molar-refractivity contribution in [3.05, 3.63) is 58.5 Å². The van der Waals surface area contributed by atoms with Gasteiger partial charge in [0.2, 0.25) is 12.7 Å². The van der Waals surface area contributed by atoms with Gasteiger partial charge in [-0.2, -0.15) is 0 Å². The van der Waals surface area contributed by atoms with Crippen molar-refractivity contribution in [2.75, 3.05) is 13.3 Å². The molecule has 8 heteroatoms. The molecule has 7 nitrogen and oxygen atoms in total. The monoisotopic (exact) mass is 440 g/mol. The summed E-state index contributed by atoms with van der Waals surface area (Å²) in [6.45, 7) is 4.28. The molecule has 3 aromatic rings. The van der Waals surface area contributed by atoms with Crippen LogP contribution in [0.5, 0.6) is 11.5 Å². The molecule has 0 saturated carbocycles. The van der Waals surface area contributed by atoms with Crippen LogP contribution in [0.3, 0.4) is 0 Å². The van der Waals surface area contributed by atoms with E-state index in [1.165, 1.54) is 0 Å². The van der Waals surface area contributed by atoms with Gasteiger partial charge in [0.1, 0.15) is 5.65 Å². The second kappa shape index (κ2) is 8.40. The van der Waals surface area contributed by atoms with Gasteiger partial charge >= 0.3 is 0 Å². The summed E-state index contributed by atoms with van der Waals surface area (Å²) in [6.07, 6.45) is 6.39. The highest BCUT2D eigenvalue weighted by Crippen LogP contribution is 2.36. The molecule has 0 bridgehead atoms. The SMILES string of the molecule is Cc1cccn2cc(CN3C(=O)CCC3CCNCc3cc4c(cc3Cl)OCO4)nc12. The van der Waals surface area contributed by atoms with E-state index in [1.54, 1.807) is 6.07 Å². The highest BCUT2D eigenvalue weighted by atomic mass is 35.5. The number of carbonyl (C=O) groups is 1. The maximum atomic E-state index is 12.5. The van der Waals surface area contributed by atoms with Crippen LogP contribution in [0.2, 0.25) is 5.02 Å². The molecule has 1 aromatic carbocycles. The van der Waals surface area contributed by atoms with Crippen LogP contribution < -0.4 is 14.8 Å². The van der Waals surface area contributed by atoms with Crippen molar-refractivity contribution in [2.24, 2.45) is 0 Å². The molecule has 5 rings (SSSR count). The minimum absolute atomic E-state index is 0.206. The lowest BCUT2D eigenvalue weighted by atomic mass is 10.1. The predicted molar refractivity (Wildman–Crippen MR) is 117 cm³/mol. The van der Waals surface area contributed by atoms with Gasteiger partial charge in [0.25, 0.3) is 0 Å². The summed E-state index contributed by atoms with van der Waals surface area (Å²) in [5.74, 6) is 1.63. The lowest BCUT2D eigenvalue weighted by molar-refractivity contribution is -0.129. The van der Waals surface area contributed by atoms with E-state index in [1.807, 2.05) is 46.8 Å². The first kappa shape index (κ1) is 20.2. The minimum Gasteiger partial charge on any atom is -0.454 e. The number of hydrogen-bond acceptors (Lipinski definition) is 5. The number of benzene rings is 1. The molecule has 2 aromatic heterocycles. The summed E-state index contributed by atoms with van der Waals surface area (Å²) >= 11 is 6.35. The summed E-state index contributed by atoms with van der Waals surface area (Å²) in [7, 11) is 0. The molecule has 2 aliphatic heterocycles. The summed E-state index contributed by atoms with van der Waals surface area (Å²) < 4.78 is 12.8. The van der Waals surface area contributed by atoms with Crippen LogP contribution in [0.4, 0.5) is 0 Å². The lowest BCUT2D eigenvalue weighted by Crippen LogP contribution is -2.34. The summed E-state index contributed by atoms with van der Waals surface area (Å²) in [5, 5.41) is 4.11. The van der Waals surface area contributed by atoms with Crippen LogP contribution in [-0.2, 0) is 17.9 Å². The fraction of sp³-hybridized carbons (Fsp3) is 0.391. The Morgan fingerprint density at radius 3 is 2.97 bits per heavy atom. The number of rotatable bonds is 7. The molecule has 0 aliphatic carbocycles. The number of pyridine rings is 1. The average Bonchev–Trinajstić information content (AvgIpc) is 3.46. The number of halogens is 1. The van der Waals surface area contributed by atoms with Crippen molar-refractivity contribution in [1.29, 1.82) is 0 Å². The molecule has 1 unspecified atom stereocenters. The number of nitrogens with zero attached hydrogens (tertiary/aromatic N) is 3. The van der Waals surface area contributed by atoms with Crippen molar-refractivity contribution in [1.82, 2.24) is 19.6 Å². The van der Waals surface area contributed by atoms with Gasteiger partial charge in [0, 0.05) is 42.5 Å². The van der Waals surface area contributed by atoms with Crippen molar-refractivity contribution in [3.8, 4) is 11.5 Å². The number of fused-ring (bicyclic) bond motifs is 2. The number of amides is 1. The smallest absolute Gasteiger partial charge is 0.231 e. The lowest BCUT2D eigenvalue weighted by Gasteiger charge is -2.24. The molecule has 1 amide bonds. The minimum atomic E-state index is 0.206. The molecule has 2 aliphatic rings. The van der Waals surface area contributed by atoms with Crippen molar-refractivity contribution in [3.63, 3.8) is 0 Å². The zero-order valence-electron chi connectivity index (χ0n) is 17.4. The number of hydrogen-bond donors (Lipinski definition) is 1. The Kier molecular flexibility index (Phi) is 5.46. The largest absolute Gasteiger partial charge is 0.454 e. The quantitative estimate of drug-likeness (QED) is 0.567. The number of aryl methyl sites for hydroxylation is 1. The molecule has 0 spiro atoms. The molecule has 0 radical (unpaired) electrons. The zero-order valence-corrected chi connectivity index (χ0v) is 18.2. The van der Waals surface area contributed by atoms with Crippen LogP contribution in [0.25, 0.3) is 5.65 Å². The van der Waals surface area contributed by atoms with E-state index in [2.05, 4.69) is 5.32 Å². The van der Waals surface area contributed by atoms with Gasteiger partial charge in [0.15, 0.2) is 11.5 Å². The Morgan fingerprint density at radius 2 is 2.13 bits per heavy atom. The van der Waals surface area contributed by atoms with Crippen LogP contribution in [0.15, 0.2) is 36.7 Å². The first-order chi connectivity index (χ1) is 15.1. The summed E-state index contributed by atoms with van der Waals surface area (Å²) in [6, 6.07) is 8.01. The predicted octanol–water partition coefficient (Wildman–Crippen LogP) is 3.70. The number of aromatic nitrogens is 2. The number of ether oxygens (including phenoxy) is 2. The number of carbonyl (C=O) groups excluding carboxylic acids is 1. The highest BCUT2D eigenvalue weighted by Gasteiger charge is 2.31. The van der Waals surface area contributed by atoms with Crippen molar-refractivity contribution < 1.29 is 14.3 Å². The summed E-state index contributed by atoms with van der Waals surface area (Å²) in [4.78, 5) is 19.2. The zero-order chi connectivity index (χ0) is 21.4. The van der Waals surface area contributed by atoms with Gasteiger partial charge in [-0.05, 0) is 49.6 Å². The van der Waals surface area contributed by atoms with E-state index in [-0.39, 0.29) is 18.7 Å². The third-order valence-corrected chi connectivity index (χ3v) is 6.38. The van der Waals surface area contributed by atoms with E-state index in [9.17, 15) is 4.79 Å². The Labute approximate surface area is 185 Å². The number of imidazole rings is 1. The van der Waals surface area contributed by atoms with Crippen LogP contribution in [0, 0.1) is 6.92 Å². The summed E-state index contributed by atoms with van der Waals surface area (Å²) in [5.41, 5.74) is 3.98. The van der Waals surface area contributed by atoms with E-state index >= 15 is 0 Å². The van der Waals surface area contributed by atoms with Gasteiger partial charge in [-0.25, -0.2) is 4.98 Å². The second-order valence-corrected chi connectivity index (χ2v) is 8.54. The molecule has 1 fully saturated rings. The standard InChI is InChI=1S/C23H25ClN4O3/c1-15-3-2-8-27-12-17(26-23(15)27)13-28-18(4-5-22(28)29)6-7-25-11-16-9-20-21(10-19(16)24)31-14-30-20/h2-3,8-10,12,18,25H,4-7,11,13-14H2,1H3. The molecule has 162 valence electrons. The van der Waals surface area contributed by atoms with E-state index in [0.717, 1.165) is 47.6 Å². The van der Waals surface area contributed by atoms with Crippen molar-refractivity contribution in [2.45, 2.75) is 45.3 Å². The molecular weight excluding hydrogens is 416 g/mol. The normalized spacial score (nSPS) is 17.8. The topological polar surface area (TPSA) is 68.1 Å². The molecular formula is C23H25ClN4O3. The Balaban J connectivity index is 1.18. The molecule has 1 N–H and O–H groups in total. The van der Waals surface area contributed by atoms with E-state index < -0.39 is 0 Å². The Bertz CT molecular complexity index is 1130. The first-order valence-electron chi connectivity index (χ1n) is 10.6. The van der Waals surface area contributed by atoms with Crippen LogP contribution >= 0.6 is 11.6 Å². The average molecular weight is 441 g/mol. The molecule has 1 atom stereocenters. The van der Waals surface area contributed by atoms with E-state index in [4.69, 9.17) is 26.1 Å². The van der Waals surface area contributed by atoms with Gasteiger partial charge < -0.3 is 24.1 Å². The van der Waals surface area contributed by atoms with Crippen molar-refractivity contribution >= 4 is 23.2 Å². The van der Waals surface area contributed by atoms with Gasteiger partial charge in [-0.1, -0.05) is 17.7 Å². The maximum absolute atomic E-state index is 12.5. The number of nitrogens with one attached hydrogen (secondary N) is 1. The third-order valence-electron chi connectivity index (χ3n) is 6.02. The Morgan fingerprint density at radius 1 is 1.29 bits per heavy atom. The maximum Gasteiger partial charge on any atom is 0.231 e. The van der Waals surface area contributed by atoms with Gasteiger partial charge in [-0.15, -0.1) is 0 Å². The number of likely N-dealkylation sites (tertiary alicyclic amines) is 1. The molecule has 4 heterocycles. The van der Waals surface area contributed by atoms with Crippen LogP contribution in [-0.4, -0.2) is 39.6 Å². The highest BCUT2D eigenvalue weighted by molar-refractivity contribution is 6.31. The fourth-order valence-corrected chi connectivity index (χ4v) is 4.57. The van der Waals surface area contributed by atoms with Crippen LogP contribution in [0.1, 0.15) is 36.1 Å². The third kappa shape index (κ3) is 4.07. The fourth-order valence-electron chi connectivity index (χ4n) is 4.35. The molecule has 31 heavy (non-hydrogen) atoms.